The molecular formula is C23H21IO4. The summed E-state index contributed by atoms with van der Waals surface area (Å²) in [6.07, 6.45) is 0. The van der Waals surface area contributed by atoms with Crippen molar-refractivity contribution in [2.75, 3.05) is 7.11 Å². The highest BCUT2D eigenvalue weighted by atomic mass is 127. The lowest BCUT2D eigenvalue weighted by molar-refractivity contribution is 0.101. The van der Waals surface area contributed by atoms with Crippen molar-refractivity contribution in [3.05, 3.63) is 87.0 Å². The number of ketones is 1. The van der Waals surface area contributed by atoms with Gasteiger partial charge in [-0.15, -0.1) is 0 Å². The Morgan fingerprint density at radius 3 is 1.82 bits per heavy atom. The maximum Gasteiger partial charge on any atom is 0.167 e. The second-order valence-electron chi connectivity index (χ2n) is 6.20. The van der Waals surface area contributed by atoms with E-state index in [-0.39, 0.29) is 5.78 Å². The Kier molecular flexibility index (Phi) is 6.92. The van der Waals surface area contributed by atoms with Crippen LogP contribution in [0.1, 0.15) is 28.4 Å². The average Bonchev–Trinajstić information content (AvgIpc) is 2.72. The van der Waals surface area contributed by atoms with Gasteiger partial charge < -0.3 is 14.2 Å². The molecule has 5 heteroatoms. The van der Waals surface area contributed by atoms with E-state index >= 15 is 0 Å². The molecule has 0 fully saturated rings. The topological polar surface area (TPSA) is 44.8 Å². The Morgan fingerprint density at radius 1 is 0.857 bits per heavy atom. The number of hydrogen-bond acceptors (Lipinski definition) is 4. The molecule has 4 nitrogen and oxygen atoms in total. The maximum atomic E-state index is 12.3. The number of methoxy groups -OCH3 is 1. The summed E-state index contributed by atoms with van der Waals surface area (Å²) in [5.41, 5.74) is 2.50. The molecule has 0 bridgehead atoms. The van der Waals surface area contributed by atoms with Crippen molar-refractivity contribution in [2.24, 2.45) is 0 Å². The van der Waals surface area contributed by atoms with Gasteiger partial charge in [-0.1, -0.05) is 60.7 Å². The van der Waals surface area contributed by atoms with Gasteiger partial charge in [-0.05, 0) is 40.6 Å². The van der Waals surface area contributed by atoms with Crippen molar-refractivity contribution in [1.29, 1.82) is 0 Å². The fourth-order valence-corrected chi connectivity index (χ4v) is 3.60. The summed E-state index contributed by atoms with van der Waals surface area (Å²) >= 11 is 2.14. The van der Waals surface area contributed by atoms with Crippen LogP contribution in [0.15, 0.2) is 66.7 Å². The number of ether oxygens (including phenoxy) is 3. The fraction of sp³-hybridized carbons (Fsp3) is 0.174. The Bertz CT molecular complexity index is 940. The molecule has 0 atom stereocenters. The smallest absolute Gasteiger partial charge is 0.167 e. The number of hydrogen-bond donors (Lipinski definition) is 0. The van der Waals surface area contributed by atoms with E-state index in [4.69, 9.17) is 14.2 Å². The summed E-state index contributed by atoms with van der Waals surface area (Å²) in [5.74, 6) is 1.43. The first-order chi connectivity index (χ1) is 13.6. The number of halogens is 1. The van der Waals surface area contributed by atoms with E-state index in [9.17, 15) is 4.79 Å². The molecule has 0 amide bonds. The van der Waals surface area contributed by atoms with Crippen molar-refractivity contribution in [3.8, 4) is 17.2 Å². The lowest BCUT2D eigenvalue weighted by Gasteiger charge is -2.18. The zero-order valence-corrected chi connectivity index (χ0v) is 17.9. The molecule has 0 unspecified atom stereocenters. The van der Waals surface area contributed by atoms with Crippen LogP contribution in [-0.4, -0.2) is 12.9 Å². The van der Waals surface area contributed by atoms with Crippen molar-refractivity contribution < 1.29 is 19.0 Å². The molecule has 0 aliphatic carbocycles. The number of benzene rings is 3. The summed E-state index contributed by atoms with van der Waals surface area (Å²) in [6, 6.07) is 21.5. The zero-order chi connectivity index (χ0) is 19.9. The van der Waals surface area contributed by atoms with E-state index in [2.05, 4.69) is 22.6 Å². The Balaban J connectivity index is 1.92. The van der Waals surface area contributed by atoms with E-state index < -0.39 is 0 Å². The lowest BCUT2D eigenvalue weighted by atomic mass is 10.1. The van der Waals surface area contributed by atoms with E-state index in [1.165, 1.54) is 6.92 Å². The normalized spacial score (nSPS) is 10.4. The summed E-state index contributed by atoms with van der Waals surface area (Å²) in [7, 11) is 1.55. The van der Waals surface area contributed by atoms with Gasteiger partial charge in [0.1, 0.15) is 36.0 Å². The number of rotatable bonds is 8. The molecule has 0 aliphatic rings. The highest BCUT2D eigenvalue weighted by molar-refractivity contribution is 14.1. The van der Waals surface area contributed by atoms with Gasteiger partial charge in [0.25, 0.3) is 0 Å². The van der Waals surface area contributed by atoms with Crippen LogP contribution in [0, 0.1) is 3.57 Å². The minimum absolute atomic E-state index is 0.118. The predicted octanol–water partition coefficient (Wildman–Crippen LogP) is 5.66. The van der Waals surface area contributed by atoms with Crippen LogP contribution >= 0.6 is 22.6 Å². The summed E-state index contributed by atoms with van der Waals surface area (Å²) < 4.78 is 18.3. The standard InChI is InChI=1S/C23H21IO4/c1-16(25)21-19(27-14-17-9-5-3-6-10-17)13-20(22(24)23(21)26-2)28-15-18-11-7-4-8-12-18/h3-13H,14-15H2,1-2H3. The van der Waals surface area contributed by atoms with Crippen molar-refractivity contribution in [2.45, 2.75) is 20.1 Å². The summed E-state index contributed by atoms with van der Waals surface area (Å²) in [4.78, 5) is 12.3. The Hall–Kier alpha value is -2.54. The third-order valence-corrected chi connectivity index (χ3v) is 5.20. The van der Waals surface area contributed by atoms with Gasteiger partial charge in [0.15, 0.2) is 5.78 Å². The Labute approximate surface area is 178 Å². The molecule has 0 aliphatic heterocycles. The first-order valence-corrected chi connectivity index (χ1v) is 9.93. The average molecular weight is 488 g/mol. The minimum atomic E-state index is -0.118. The van der Waals surface area contributed by atoms with E-state index in [0.29, 0.717) is 36.0 Å². The molecular weight excluding hydrogens is 467 g/mol. The lowest BCUT2D eigenvalue weighted by Crippen LogP contribution is -2.07. The van der Waals surface area contributed by atoms with Crippen LogP contribution in [0.4, 0.5) is 0 Å². The van der Waals surface area contributed by atoms with Gasteiger partial charge in [0.05, 0.1) is 10.7 Å². The SMILES string of the molecule is COc1c(I)c(OCc2ccccc2)cc(OCc2ccccc2)c1C(C)=O. The molecule has 144 valence electrons. The van der Waals surface area contributed by atoms with Crippen LogP contribution in [0.2, 0.25) is 0 Å². The largest absolute Gasteiger partial charge is 0.495 e. The van der Waals surface area contributed by atoms with Crippen molar-refractivity contribution in [1.82, 2.24) is 0 Å². The van der Waals surface area contributed by atoms with E-state index in [1.807, 2.05) is 60.7 Å². The molecule has 0 heterocycles. The van der Waals surface area contributed by atoms with Gasteiger partial charge in [-0.2, -0.15) is 0 Å². The molecule has 0 N–H and O–H groups in total. The van der Waals surface area contributed by atoms with E-state index in [1.54, 1.807) is 13.2 Å². The van der Waals surface area contributed by atoms with Gasteiger partial charge in [0.2, 0.25) is 0 Å². The maximum absolute atomic E-state index is 12.3. The molecule has 28 heavy (non-hydrogen) atoms. The first-order valence-electron chi connectivity index (χ1n) is 8.85. The molecule has 3 aromatic rings. The first kappa shape index (κ1) is 20.2. The van der Waals surface area contributed by atoms with Crippen LogP contribution in [-0.2, 0) is 13.2 Å². The van der Waals surface area contributed by atoms with Gasteiger partial charge in [-0.3, -0.25) is 4.79 Å². The second-order valence-corrected chi connectivity index (χ2v) is 7.28. The number of carbonyl (C=O) groups excluding carboxylic acids is 1. The van der Waals surface area contributed by atoms with E-state index in [0.717, 1.165) is 14.7 Å². The van der Waals surface area contributed by atoms with Crippen LogP contribution in [0.3, 0.4) is 0 Å². The van der Waals surface area contributed by atoms with Gasteiger partial charge >= 0.3 is 0 Å². The van der Waals surface area contributed by atoms with Gasteiger partial charge in [-0.25, -0.2) is 0 Å². The molecule has 3 rings (SSSR count). The quantitative estimate of drug-likeness (QED) is 0.303. The number of Topliss-reactive ketones (excluding diaryl/α,β-unsaturated/α-hetero) is 1. The van der Waals surface area contributed by atoms with Crippen molar-refractivity contribution >= 4 is 28.4 Å². The molecule has 0 saturated heterocycles. The van der Waals surface area contributed by atoms with Crippen LogP contribution < -0.4 is 14.2 Å². The van der Waals surface area contributed by atoms with Crippen LogP contribution in [0.5, 0.6) is 17.2 Å². The minimum Gasteiger partial charge on any atom is -0.495 e. The van der Waals surface area contributed by atoms with Crippen LogP contribution in [0.25, 0.3) is 0 Å². The third kappa shape index (κ3) is 4.84. The van der Waals surface area contributed by atoms with Gasteiger partial charge in [0, 0.05) is 6.07 Å². The predicted molar refractivity (Wildman–Crippen MR) is 117 cm³/mol. The molecule has 0 aromatic heterocycles. The molecule has 0 radical (unpaired) electrons. The Morgan fingerprint density at radius 2 is 1.36 bits per heavy atom. The molecule has 3 aromatic carbocycles. The fourth-order valence-electron chi connectivity index (χ4n) is 2.80. The number of carbonyl (C=O) groups is 1. The van der Waals surface area contributed by atoms with Crippen molar-refractivity contribution in [3.63, 3.8) is 0 Å². The third-order valence-electron chi connectivity index (χ3n) is 4.18. The highest BCUT2D eigenvalue weighted by Crippen LogP contribution is 2.41. The summed E-state index contributed by atoms with van der Waals surface area (Å²) in [5, 5.41) is 0. The highest BCUT2D eigenvalue weighted by Gasteiger charge is 2.23. The second kappa shape index (κ2) is 9.59. The molecule has 0 saturated carbocycles. The molecule has 0 spiro atoms. The monoisotopic (exact) mass is 488 g/mol. The zero-order valence-electron chi connectivity index (χ0n) is 15.8. The summed E-state index contributed by atoms with van der Waals surface area (Å²) in [6.45, 7) is 2.27.